The maximum absolute atomic E-state index is 11.5. The number of nitrogens with zero attached hydrogens (tertiary/aromatic N) is 2. The molecule has 0 saturated carbocycles. The molecule has 18 heavy (non-hydrogen) atoms. The van der Waals surface area contributed by atoms with Crippen LogP contribution in [0.2, 0.25) is 0 Å². The van der Waals surface area contributed by atoms with Crippen molar-refractivity contribution in [2.45, 2.75) is 6.92 Å². The summed E-state index contributed by atoms with van der Waals surface area (Å²) in [5.74, 6) is -0.506. The molecule has 0 bridgehead atoms. The average molecular weight is 246 g/mol. The molecule has 0 aliphatic heterocycles. The van der Waals surface area contributed by atoms with Crippen molar-refractivity contribution >= 4 is 22.6 Å². The minimum Gasteiger partial charge on any atom is -0.465 e. The van der Waals surface area contributed by atoms with Gasteiger partial charge in [-0.05, 0) is 19.1 Å². The fourth-order valence-corrected chi connectivity index (χ4v) is 1.69. The zero-order valence-corrected chi connectivity index (χ0v) is 9.84. The Bertz CT molecular complexity index is 652. The number of nitro benzene ring substituents is 1. The summed E-state index contributed by atoms with van der Waals surface area (Å²) in [5.41, 5.74) is 1.41. The molecule has 92 valence electrons. The van der Waals surface area contributed by atoms with Crippen LogP contribution in [-0.4, -0.2) is 23.0 Å². The number of aryl methyl sites for hydroxylation is 1. The number of benzene rings is 1. The van der Waals surface area contributed by atoms with Crippen LogP contribution in [0.25, 0.3) is 10.9 Å². The summed E-state index contributed by atoms with van der Waals surface area (Å²) in [6.07, 6.45) is 0. The molecule has 0 aliphatic rings. The molecule has 0 N–H and O–H groups in total. The van der Waals surface area contributed by atoms with E-state index in [4.69, 9.17) is 0 Å². The topological polar surface area (TPSA) is 82.3 Å². The lowest BCUT2D eigenvalue weighted by molar-refractivity contribution is -0.384. The van der Waals surface area contributed by atoms with Crippen LogP contribution in [0.4, 0.5) is 5.69 Å². The number of hydrogen-bond donors (Lipinski definition) is 0. The fourth-order valence-electron chi connectivity index (χ4n) is 1.69. The van der Waals surface area contributed by atoms with Gasteiger partial charge in [-0.1, -0.05) is 0 Å². The number of hydrogen-bond acceptors (Lipinski definition) is 5. The number of pyridine rings is 1. The largest absolute Gasteiger partial charge is 0.465 e. The number of rotatable bonds is 2. The van der Waals surface area contributed by atoms with Crippen molar-refractivity contribution in [3.05, 3.63) is 45.6 Å². The van der Waals surface area contributed by atoms with Crippen molar-refractivity contribution in [2.75, 3.05) is 7.11 Å². The Balaban J connectivity index is 2.66. The van der Waals surface area contributed by atoms with Crippen LogP contribution in [0.15, 0.2) is 24.3 Å². The summed E-state index contributed by atoms with van der Waals surface area (Å²) >= 11 is 0. The molecule has 0 spiro atoms. The highest BCUT2D eigenvalue weighted by atomic mass is 16.6. The third kappa shape index (κ3) is 2.00. The van der Waals surface area contributed by atoms with Gasteiger partial charge in [-0.3, -0.25) is 15.1 Å². The van der Waals surface area contributed by atoms with Crippen LogP contribution >= 0.6 is 0 Å². The monoisotopic (exact) mass is 246 g/mol. The molecule has 6 heteroatoms. The molecule has 1 heterocycles. The number of carbonyl (C=O) groups excluding carboxylic acids is 1. The maximum atomic E-state index is 11.5. The van der Waals surface area contributed by atoms with E-state index in [9.17, 15) is 14.9 Å². The van der Waals surface area contributed by atoms with E-state index in [0.29, 0.717) is 22.2 Å². The second-order valence-electron chi connectivity index (χ2n) is 3.75. The highest BCUT2D eigenvalue weighted by Crippen LogP contribution is 2.22. The Morgan fingerprint density at radius 2 is 2.11 bits per heavy atom. The third-order valence-corrected chi connectivity index (χ3v) is 2.61. The lowest BCUT2D eigenvalue weighted by Crippen LogP contribution is -2.05. The number of nitro groups is 1. The lowest BCUT2D eigenvalue weighted by atomic mass is 10.1. The molecule has 2 aromatic rings. The van der Waals surface area contributed by atoms with Gasteiger partial charge >= 0.3 is 5.97 Å². The van der Waals surface area contributed by atoms with Gasteiger partial charge in [0.2, 0.25) is 0 Å². The van der Waals surface area contributed by atoms with Crippen molar-refractivity contribution in [1.29, 1.82) is 0 Å². The zero-order valence-electron chi connectivity index (χ0n) is 9.84. The van der Waals surface area contributed by atoms with Crippen molar-refractivity contribution in [3.63, 3.8) is 0 Å². The van der Waals surface area contributed by atoms with Gasteiger partial charge in [0.1, 0.15) is 0 Å². The van der Waals surface area contributed by atoms with E-state index in [1.807, 2.05) is 0 Å². The Morgan fingerprint density at radius 3 is 2.72 bits per heavy atom. The molecule has 0 radical (unpaired) electrons. The maximum Gasteiger partial charge on any atom is 0.339 e. The first-order valence-corrected chi connectivity index (χ1v) is 5.17. The number of fused-ring (bicyclic) bond motifs is 1. The summed E-state index contributed by atoms with van der Waals surface area (Å²) < 4.78 is 4.63. The van der Waals surface area contributed by atoms with Gasteiger partial charge in [0.25, 0.3) is 5.69 Å². The molecule has 1 aromatic heterocycles. The van der Waals surface area contributed by atoms with Gasteiger partial charge in [0.05, 0.1) is 28.8 Å². The van der Waals surface area contributed by atoms with Gasteiger partial charge in [0.15, 0.2) is 0 Å². The van der Waals surface area contributed by atoms with Crippen LogP contribution in [-0.2, 0) is 4.74 Å². The third-order valence-electron chi connectivity index (χ3n) is 2.61. The SMILES string of the molecule is COC(=O)c1cc2cc([N+](=O)[O-])ccc2nc1C. The first kappa shape index (κ1) is 12.0. The highest BCUT2D eigenvalue weighted by Gasteiger charge is 2.13. The number of esters is 1. The predicted molar refractivity (Wildman–Crippen MR) is 64.5 cm³/mol. The average Bonchev–Trinajstić information content (AvgIpc) is 2.36. The molecule has 0 aliphatic carbocycles. The lowest BCUT2D eigenvalue weighted by Gasteiger charge is -2.05. The summed E-state index contributed by atoms with van der Waals surface area (Å²) in [6, 6.07) is 5.87. The van der Waals surface area contributed by atoms with Crippen molar-refractivity contribution in [3.8, 4) is 0 Å². The van der Waals surface area contributed by atoms with E-state index < -0.39 is 10.9 Å². The van der Waals surface area contributed by atoms with E-state index in [2.05, 4.69) is 9.72 Å². The van der Waals surface area contributed by atoms with E-state index in [1.54, 1.807) is 19.1 Å². The molecule has 0 amide bonds. The zero-order chi connectivity index (χ0) is 13.3. The second-order valence-corrected chi connectivity index (χ2v) is 3.75. The molecular weight excluding hydrogens is 236 g/mol. The summed E-state index contributed by atoms with van der Waals surface area (Å²) in [4.78, 5) is 25.9. The van der Waals surface area contributed by atoms with Gasteiger partial charge in [-0.2, -0.15) is 0 Å². The quantitative estimate of drug-likeness (QED) is 0.461. The number of carbonyl (C=O) groups is 1. The Kier molecular flexibility index (Phi) is 2.93. The van der Waals surface area contributed by atoms with Gasteiger partial charge in [0, 0.05) is 17.5 Å². The smallest absolute Gasteiger partial charge is 0.339 e. The van der Waals surface area contributed by atoms with E-state index in [1.165, 1.54) is 19.2 Å². The van der Waals surface area contributed by atoms with Crippen LogP contribution in [0.1, 0.15) is 16.1 Å². The van der Waals surface area contributed by atoms with Crippen LogP contribution < -0.4 is 0 Å². The first-order valence-electron chi connectivity index (χ1n) is 5.17. The van der Waals surface area contributed by atoms with Crippen molar-refractivity contribution in [2.24, 2.45) is 0 Å². The Labute approximate surface area is 102 Å². The standard InChI is InChI=1S/C12H10N2O4/c1-7-10(12(15)18-2)6-8-5-9(14(16)17)3-4-11(8)13-7/h3-6H,1-2H3. The fraction of sp³-hybridized carbons (Fsp3) is 0.167. The minimum atomic E-state index is -0.506. The van der Waals surface area contributed by atoms with Crippen molar-refractivity contribution < 1.29 is 14.5 Å². The normalized spacial score (nSPS) is 10.3. The number of aromatic nitrogens is 1. The summed E-state index contributed by atoms with van der Waals surface area (Å²) in [7, 11) is 1.28. The molecule has 0 atom stereocenters. The van der Waals surface area contributed by atoms with Crippen LogP contribution in [0.5, 0.6) is 0 Å². The van der Waals surface area contributed by atoms with Gasteiger partial charge < -0.3 is 4.74 Å². The summed E-state index contributed by atoms with van der Waals surface area (Å²) in [6.45, 7) is 1.69. The summed E-state index contributed by atoms with van der Waals surface area (Å²) in [5, 5.41) is 11.2. The van der Waals surface area contributed by atoms with E-state index in [-0.39, 0.29) is 5.69 Å². The van der Waals surface area contributed by atoms with Gasteiger partial charge in [-0.25, -0.2) is 4.79 Å². The Morgan fingerprint density at radius 1 is 1.39 bits per heavy atom. The number of methoxy groups -OCH3 is 1. The second kappa shape index (κ2) is 4.40. The van der Waals surface area contributed by atoms with E-state index >= 15 is 0 Å². The number of ether oxygens (including phenoxy) is 1. The Hall–Kier alpha value is -2.50. The van der Waals surface area contributed by atoms with Crippen LogP contribution in [0.3, 0.4) is 0 Å². The molecule has 0 fully saturated rings. The molecule has 6 nitrogen and oxygen atoms in total. The minimum absolute atomic E-state index is 0.0380. The molecule has 2 rings (SSSR count). The van der Waals surface area contributed by atoms with Crippen LogP contribution in [0, 0.1) is 17.0 Å². The molecule has 0 unspecified atom stereocenters. The first-order chi connectivity index (χ1) is 8.52. The molecule has 0 saturated heterocycles. The van der Waals surface area contributed by atoms with Gasteiger partial charge in [-0.15, -0.1) is 0 Å². The molecule has 1 aromatic carbocycles. The van der Waals surface area contributed by atoms with E-state index in [0.717, 1.165) is 0 Å². The molecular formula is C12H10N2O4. The van der Waals surface area contributed by atoms with Crippen molar-refractivity contribution in [1.82, 2.24) is 4.98 Å². The predicted octanol–water partition coefficient (Wildman–Crippen LogP) is 2.24. The highest BCUT2D eigenvalue weighted by molar-refractivity contribution is 5.95. The number of non-ortho nitro benzene ring substituents is 1.